The number of carbonyl (C=O) groups excluding carboxylic acids is 1. The van der Waals surface area contributed by atoms with Crippen molar-refractivity contribution < 1.29 is 19.7 Å². The summed E-state index contributed by atoms with van der Waals surface area (Å²) in [4.78, 5) is 13.0. The zero-order chi connectivity index (χ0) is 20.1. The molecule has 1 heterocycles. The van der Waals surface area contributed by atoms with Crippen LogP contribution in [-0.2, 0) is 11.2 Å². The highest BCUT2D eigenvalue weighted by Crippen LogP contribution is 2.43. The summed E-state index contributed by atoms with van der Waals surface area (Å²) in [5.74, 6) is 0.994. The van der Waals surface area contributed by atoms with Gasteiger partial charge in [-0.1, -0.05) is 0 Å². The Balaban J connectivity index is 1.93. The quantitative estimate of drug-likeness (QED) is 0.687. The summed E-state index contributed by atoms with van der Waals surface area (Å²) < 4.78 is 6.22. The second-order valence-corrected chi connectivity index (χ2v) is 7.70. The molecule has 0 aromatic heterocycles. The molecule has 1 aliphatic rings. The molecule has 0 saturated carbocycles. The van der Waals surface area contributed by atoms with Gasteiger partial charge in [-0.25, -0.2) is 0 Å². The van der Waals surface area contributed by atoms with E-state index in [4.69, 9.17) is 4.74 Å². The van der Waals surface area contributed by atoms with Gasteiger partial charge in [-0.3, -0.25) is 4.79 Å². The molecule has 0 saturated heterocycles. The van der Waals surface area contributed by atoms with Crippen LogP contribution < -0.4 is 10.1 Å². The van der Waals surface area contributed by atoms with Crippen molar-refractivity contribution in [2.75, 3.05) is 5.32 Å². The summed E-state index contributed by atoms with van der Waals surface area (Å²) in [6, 6.07) is 3.28. The van der Waals surface area contributed by atoms with E-state index in [9.17, 15) is 15.0 Å². The standard InChI is InChI=1S/C22H27NO4/c1-11-12(2)18(24)8-7-17(11)23-21(26)22(6)10-9-16-15(5)19(25)13(3)14(4)20(16)27-22/h7-8,24-25H,9-10H2,1-6H3,(H,23,26). The van der Waals surface area contributed by atoms with Crippen LogP contribution in [0, 0.1) is 34.6 Å². The fourth-order valence-electron chi connectivity index (χ4n) is 3.60. The van der Waals surface area contributed by atoms with E-state index < -0.39 is 5.60 Å². The first-order valence-electron chi connectivity index (χ1n) is 9.18. The van der Waals surface area contributed by atoms with Gasteiger partial charge in [-0.15, -0.1) is 0 Å². The van der Waals surface area contributed by atoms with Gasteiger partial charge in [-0.05, 0) is 87.9 Å². The lowest BCUT2D eigenvalue weighted by molar-refractivity contribution is -0.131. The van der Waals surface area contributed by atoms with E-state index in [0.717, 1.165) is 33.4 Å². The zero-order valence-electron chi connectivity index (χ0n) is 16.8. The molecule has 3 N–H and O–H groups in total. The largest absolute Gasteiger partial charge is 0.508 e. The first-order chi connectivity index (χ1) is 12.6. The van der Waals surface area contributed by atoms with Crippen LogP contribution in [0.25, 0.3) is 0 Å². The van der Waals surface area contributed by atoms with Crippen LogP contribution in [0.5, 0.6) is 17.2 Å². The smallest absolute Gasteiger partial charge is 0.268 e. The van der Waals surface area contributed by atoms with Crippen molar-refractivity contribution in [2.24, 2.45) is 0 Å². The van der Waals surface area contributed by atoms with Crippen LogP contribution in [0.4, 0.5) is 5.69 Å². The van der Waals surface area contributed by atoms with Crippen LogP contribution in [0.2, 0.25) is 0 Å². The average Bonchev–Trinajstić information content (AvgIpc) is 2.65. The molecule has 5 nitrogen and oxygen atoms in total. The molecule has 27 heavy (non-hydrogen) atoms. The molecule has 0 radical (unpaired) electrons. The van der Waals surface area contributed by atoms with Gasteiger partial charge in [-0.2, -0.15) is 0 Å². The van der Waals surface area contributed by atoms with Crippen molar-refractivity contribution in [3.63, 3.8) is 0 Å². The number of rotatable bonds is 2. The normalized spacial score (nSPS) is 18.6. The molecule has 0 spiro atoms. The number of hydrogen-bond acceptors (Lipinski definition) is 4. The molecule has 2 aromatic rings. The van der Waals surface area contributed by atoms with Gasteiger partial charge in [0.1, 0.15) is 17.2 Å². The minimum Gasteiger partial charge on any atom is -0.508 e. The third-order valence-corrected chi connectivity index (χ3v) is 6.01. The van der Waals surface area contributed by atoms with Crippen LogP contribution in [0.3, 0.4) is 0 Å². The van der Waals surface area contributed by atoms with Gasteiger partial charge in [0.2, 0.25) is 0 Å². The Morgan fingerprint density at radius 3 is 2.33 bits per heavy atom. The molecule has 144 valence electrons. The van der Waals surface area contributed by atoms with Crippen molar-refractivity contribution >= 4 is 11.6 Å². The van der Waals surface area contributed by atoms with E-state index in [0.29, 0.717) is 30.0 Å². The Hall–Kier alpha value is -2.69. The minimum absolute atomic E-state index is 0.209. The number of phenols is 2. The molecule has 0 aliphatic carbocycles. The second kappa shape index (κ2) is 6.48. The lowest BCUT2D eigenvalue weighted by atomic mass is 9.86. The maximum atomic E-state index is 13.0. The lowest BCUT2D eigenvalue weighted by Crippen LogP contribution is -2.48. The summed E-state index contributed by atoms with van der Waals surface area (Å²) in [5.41, 5.74) is 4.66. The third-order valence-electron chi connectivity index (χ3n) is 6.01. The second-order valence-electron chi connectivity index (χ2n) is 7.70. The van der Waals surface area contributed by atoms with E-state index in [1.165, 1.54) is 0 Å². The van der Waals surface area contributed by atoms with Crippen molar-refractivity contribution in [1.29, 1.82) is 0 Å². The highest BCUT2D eigenvalue weighted by Gasteiger charge is 2.41. The Kier molecular flexibility index (Phi) is 4.58. The first kappa shape index (κ1) is 19.1. The minimum atomic E-state index is -1.01. The van der Waals surface area contributed by atoms with E-state index in [1.54, 1.807) is 19.1 Å². The number of phenolic OH excluding ortho intramolecular Hbond substituents is 2. The van der Waals surface area contributed by atoms with Gasteiger partial charge in [0.25, 0.3) is 5.91 Å². The van der Waals surface area contributed by atoms with Crippen LogP contribution >= 0.6 is 0 Å². The first-order valence-corrected chi connectivity index (χ1v) is 9.18. The van der Waals surface area contributed by atoms with Gasteiger partial charge in [0.05, 0.1) is 0 Å². The predicted octanol–water partition coefficient (Wildman–Crippen LogP) is 4.36. The number of benzene rings is 2. The van der Waals surface area contributed by atoms with Gasteiger partial charge < -0.3 is 20.3 Å². The highest BCUT2D eigenvalue weighted by atomic mass is 16.5. The molecule has 0 bridgehead atoms. The fraction of sp³-hybridized carbons (Fsp3) is 0.409. The van der Waals surface area contributed by atoms with Crippen LogP contribution in [0.15, 0.2) is 12.1 Å². The molecular weight excluding hydrogens is 342 g/mol. The summed E-state index contributed by atoms with van der Waals surface area (Å²) in [6.07, 6.45) is 1.18. The Morgan fingerprint density at radius 1 is 1.00 bits per heavy atom. The summed E-state index contributed by atoms with van der Waals surface area (Å²) >= 11 is 0. The van der Waals surface area contributed by atoms with Crippen molar-refractivity contribution in [3.8, 4) is 17.2 Å². The fourth-order valence-corrected chi connectivity index (χ4v) is 3.60. The molecule has 0 fully saturated rings. The number of fused-ring (bicyclic) bond motifs is 1. The zero-order valence-corrected chi connectivity index (χ0v) is 16.8. The Morgan fingerprint density at radius 2 is 1.67 bits per heavy atom. The summed E-state index contributed by atoms with van der Waals surface area (Å²) in [5, 5.41) is 23.1. The molecule has 2 aromatic carbocycles. The van der Waals surface area contributed by atoms with Gasteiger partial charge in [0.15, 0.2) is 5.60 Å². The lowest BCUT2D eigenvalue weighted by Gasteiger charge is -2.36. The van der Waals surface area contributed by atoms with E-state index >= 15 is 0 Å². The van der Waals surface area contributed by atoms with Crippen LogP contribution in [-0.4, -0.2) is 21.7 Å². The summed E-state index contributed by atoms with van der Waals surface area (Å²) in [7, 11) is 0. The van der Waals surface area contributed by atoms with Crippen molar-refractivity contribution in [3.05, 3.63) is 45.5 Å². The molecule has 1 atom stereocenters. The average molecular weight is 369 g/mol. The molecule has 1 unspecified atom stereocenters. The van der Waals surface area contributed by atoms with Crippen molar-refractivity contribution in [1.82, 2.24) is 0 Å². The van der Waals surface area contributed by atoms with Crippen molar-refractivity contribution in [2.45, 2.75) is 60.0 Å². The van der Waals surface area contributed by atoms with Gasteiger partial charge in [0, 0.05) is 17.7 Å². The summed E-state index contributed by atoms with van der Waals surface area (Å²) in [6.45, 7) is 11.1. The molecule has 1 amide bonds. The molecular formula is C22H27NO4. The number of aromatic hydroxyl groups is 2. The number of hydrogen-bond donors (Lipinski definition) is 3. The van der Waals surface area contributed by atoms with Gasteiger partial charge >= 0.3 is 0 Å². The topological polar surface area (TPSA) is 78.8 Å². The number of amides is 1. The highest BCUT2D eigenvalue weighted by molar-refractivity contribution is 5.98. The molecule has 3 rings (SSSR count). The number of carbonyl (C=O) groups is 1. The molecule has 1 aliphatic heterocycles. The number of nitrogens with one attached hydrogen (secondary N) is 1. The van der Waals surface area contributed by atoms with Crippen LogP contribution in [0.1, 0.15) is 46.7 Å². The van der Waals surface area contributed by atoms with E-state index in [2.05, 4.69) is 5.32 Å². The Labute approximate surface area is 160 Å². The predicted molar refractivity (Wildman–Crippen MR) is 106 cm³/mol. The molecule has 5 heteroatoms. The third kappa shape index (κ3) is 3.01. The number of ether oxygens (including phenoxy) is 1. The maximum Gasteiger partial charge on any atom is 0.268 e. The van der Waals surface area contributed by atoms with E-state index in [-0.39, 0.29) is 11.7 Å². The number of anilines is 1. The monoisotopic (exact) mass is 369 g/mol. The van der Waals surface area contributed by atoms with E-state index in [1.807, 2.05) is 34.6 Å². The Bertz CT molecular complexity index is 948. The maximum absolute atomic E-state index is 13.0. The SMILES string of the molecule is Cc1c(O)ccc(NC(=O)C2(C)CCc3c(C)c(O)c(C)c(C)c3O2)c1C.